The van der Waals surface area contributed by atoms with Crippen LogP contribution in [-0.2, 0) is 19.2 Å². The number of ether oxygens (including phenoxy) is 1. The third-order valence-corrected chi connectivity index (χ3v) is 6.98. The van der Waals surface area contributed by atoms with Gasteiger partial charge in [0.25, 0.3) is 0 Å². The molecule has 0 atom stereocenters. The summed E-state index contributed by atoms with van der Waals surface area (Å²) in [5.74, 6) is -0.0916. The van der Waals surface area contributed by atoms with Gasteiger partial charge in [-0.05, 0) is 34.1 Å². The number of hydroxylamine groups is 2. The number of hydrogen-bond acceptors (Lipinski definition) is 5. The molecule has 0 aromatic rings. The number of piperidine rings is 1. The van der Waals surface area contributed by atoms with E-state index in [4.69, 9.17) is 9.57 Å². The molecule has 0 radical (unpaired) electrons. The normalized spacial score (nSPS) is 18.2. The Morgan fingerprint density at radius 3 is 1.55 bits per heavy atom. The number of nitrogens with zero attached hydrogens (tertiary/aromatic N) is 1. The summed E-state index contributed by atoms with van der Waals surface area (Å²) in [5.41, 5.74) is -0.746. The molecule has 1 fully saturated rings. The molecular formula is C28H53NO4. The first-order valence-electron chi connectivity index (χ1n) is 13.8. The second kappa shape index (κ2) is 16.5. The molecule has 0 bridgehead atoms. The van der Waals surface area contributed by atoms with Crippen LogP contribution in [0.2, 0.25) is 0 Å². The molecule has 0 amide bonds. The molecule has 5 nitrogen and oxygen atoms in total. The molecule has 0 N–H and O–H groups in total. The van der Waals surface area contributed by atoms with Crippen molar-refractivity contribution in [3.63, 3.8) is 0 Å². The van der Waals surface area contributed by atoms with Crippen molar-refractivity contribution >= 4 is 12.4 Å². The Hall–Kier alpha value is -1.10. The molecule has 1 aliphatic rings. The van der Waals surface area contributed by atoms with Gasteiger partial charge in [-0.25, -0.2) is 0 Å². The van der Waals surface area contributed by atoms with E-state index in [2.05, 4.69) is 6.92 Å². The van der Waals surface area contributed by atoms with Crippen LogP contribution in [0.25, 0.3) is 0 Å². The van der Waals surface area contributed by atoms with Crippen molar-refractivity contribution in [2.24, 2.45) is 0 Å². The Kier molecular flexibility index (Phi) is 15.0. The lowest BCUT2D eigenvalue weighted by Crippen LogP contribution is -2.61. The number of esters is 1. The highest BCUT2D eigenvalue weighted by Crippen LogP contribution is 2.39. The average Bonchev–Trinajstić information content (AvgIpc) is 2.73. The quantitative estimate of drug-likeness (QED) is 0.110. The van der Waals surface area contributed by atoms with Crippen LogP contribution in [0, 0.1) is 0 Å². The van der Waals surface area contributed by atoms with E-state index in [-0.39, 0.29) is 23.2 Å². The molecule has 194 valence electrons. The zero-order valence-electron chi connectivity index (χ0n) is 22.5. The van der Waals surface area contributed by atoms with Gasteiger partial charge in [0.2, 0.25) is 0 Å². The number of hydrogen-bond donors (Lipinski definition) is 0. The van der Waals surface area contributed by atoms with E-state index in [1.54, 1.807) is 5.06 Å². The molecule has 0 unspecified atom stereocenters. The van der Waals surface area contributed by atoms with Crippen LogP contribution < -0.4 is 0 Å². The Balaban J connectivity index is 2.03. The monoisotopic (exact) mass is 467 g/mol. The van der Waals surface area contributed by atoms with E-state index in [0.29, 0.717) is 25.7 Å². The number of carbonyl (C=O) groups excluding carboxylic acids is 2. The summed E-state index contributed by atoms with van der Waals surface area (Å²) in [6.07, 6.45) is 21.5. The predicted octanol–water partition coefficient (Wildman–Crippen LogP) is 7.90. The summed E-state index contributed by atoms with van der Waals surface area (Å²) in [5, 5.41) is 1.74. The van der Waals surface area contributed by atoms with E-state index in [0.717, 1.165) is 12.8 Å². The highest BCUT2D eigenvalue weighted by Gasteiger charge is 2.48. The summed E-state index contributed by atoms with van der Waals surface area (Å²) in [6, 6.07) is 0. The van der Waals surface area contributed by atoms with Crippen LogP contribution in [0.3, 0.4) is 0 Å². The van der Waals surface area contributed by atoms with Crippen LogP contribution in [0.1, 0.15) is 150 Å². The maximum atomic E-state index is 12.4. The Bertz CT molecular complexity index is 514. The molecule has 1 saturated heterocycles. The summed E-state index contributed by atoms with van der Waals surface area (Å²) >= 11 is 0. The summed E-state index contributed by atoms with van der Waals surface area (Å²) < 4.78 is 5.80. The topological polar surface area (TPSA) is 55.8 Å². The number of carbonyl (C=O) groups is 2. The van der Waals surface area contributed by atoms with E-state index < -0.39 is 0 Å². The zero-order valence-corrected chi connectivity index (χ0v) is 22.5. The zero-order chi connectivity index (χ0) is 24.6. The average molecular weight is 468 g/mol. The third-order valence-electron chi connectivity index (χ3n) is 6.98. The second-order valence-electron chi connectivity index (χ2n) is 11.3. The van der Waals surface area contributed by atoms with Crippen LogP contribution in [0.5, 0.6) is 0 Å². The Morgan fingerprint density at radius 1 is 0.758 bits per heavy atom. The van der Waals surface area contributed by atoms with E-state index >= 15 is 0 Å². The highest BCUT2D eigenvalue weighted by molar-refractivity contribution is 5.69. The van der Waals surface area contributed by atoms with Gasteiger partial charge >= 0.3 is 12.4 Å². The molecule has 5 heteroatoms. The number of unbranched alkanes of at least 4 members (excludes halogenated alkanes) is 14. The van der Waals surface area contributed by atoms with Gasteiger partial charge in [0.1, 0.15) is 6.10 Å². The second-order valence-corrected chi connectivity index (χ2v) is 11.3. The molecule has 0 aliphatic carbocycles. The standard InChI is InChI=1S/C28H53NO4/c1-6-7-8-9-10-11-12-13-14-15-16-17-18-19-20-21-26(31)33-25-22-27(2,3)29(32-24-30)28(4,5)23-25/h24-25H,6-23H2,1-5H3. The first kappa shape index (κ1) is 29.9. The molecule has 33 heavy (non-hydrogen) atoms. The lowest BCUT2D eigenvalue weighted by Gasteiger charge is -2.51. The first-order chi connectivity index (χ1) is 15.7. The van der Waals surface area contributed by atoms with Crippen LogP contribution >= 0.6 is 0 Å². The summed E-state index contributed by atoms with van der Waals surface area (Å²) in [4.78, 5) is 28.5. The van der Waals surface area contributed by atoms with Gasteiger partial charge in [-0.2, -0.15) is 0 Å². The smallest absolute Gasteiger partial charge is 0.313 e. The van der Waals surface area contributed by atoms with E-state index in [1.807, 2.05) is 27.7 Å². The van der Waals surface area contributed by atoms with Crippen molar-refractivity contribution in [2.45, 2.75) is 167 Å². The van der Waals surface area contributed by atoms with E-state index in [1.165, 1.54) is 83.5 Å². The summed E-state index contributed by atoms with van der Waals surface area (Å²) in [6.45, 7) is 10.8. The highest BCUT2D eigenvalue weighted by atomic mass is 16.7. The predicted molar refractivity (Wildman–Crippen MR) is 136 cm³/mol. The first-order valence-corrected chi connectivity index (χ1v) is 13.8. The minimum absolute atomic E-state index is 0.0916. The fraction of sp³-hybridized carbons (Fsp3) is 0.929. The van der Waals surface area contributed by atoms with Gasteiger partial charge in [0.15, 0.2) is 0 Å². The largest absolute Gasteiger partial charge is 0.462 e. The van der Waals surface area contributed by atoms with Crippen molar-refractivity contribution in [3.05, 3.63) is 0 Å². The molecule has 0 aromatic carbocycles. The van der Waals surface area contributed by atoms with Gasteiger partial charge in [-0.3, -0.25) is 9.59 Å². The molecule has 0 saturated carbocycles. The fourth-order valence-corrected chi connectivity index (χ4v) is 5.47. The molecule has 1 heterocycles. The third kappa shape index (κ3) is 12.8. The lowest BCUT2D eigenvalue weighted by molar-refractivity contribution is -0.268. The minimum atomic E-state index is -0.373. The van der Waals surface area contributed by atoms with E-state index in [9.17, 15) is 9.59 Å². The molecule has 1 aliphatic heterocycles. The Morgan fingerprint density at radius 2 is 1.15 bits per heavy atom. The van der Waals surface area contributed by atoms with Crippen molar-refractivity contribution in [1.82, 2.24) is 5.06 Å². The van der Waals surface area contributed by atoms with Crippen molar-refractivity contribution in [1.29, 1.82) is 0 Å². The van der Waals surface area contributed by atoms with Crippen molar-refractivity contribution in [2.75, 3.05) is 0 Å². The Labute approximate surface area is 204 Å². The molecule has 0 aromatic heterocycles. The van der Waals surface area contributed by atoms with Crippen LogP contribution in [0.4, 0.5) is 0 Å². The van der Waals surface area contributed by atoms with Gasteiger partial charge in [0.05, 0.1) is 11.1 Å². The van der Waals surface area contributed by atoms with Crippen LogP contribution in [0.15, 0.2) is 0 Å². The molecular weight excluding hydrogens is 414 g/mol. The number of rotatable bonds is 19. The van der Waals surface area contributed by atoms with Crippen molar-refractivity contribution in [3.8, 4) is 0 Å². The van der Waals surface area contributed by atoms with Gasteiger partial charge in [-0.1, -0.05) is 96.8 Å². The lowest BCUT2D eigenvalue weighted by atomic mass is 9.80. The summed E-state index contributed by atoms with van der Waals surface area (Å²) in [7, 11) is 0. The van der Waals surface area contributed by atoms with Gasteiger partial charge in [0, 0.05) is 19.3 Å². The van der Waals surface area contributed by atoms with Crippen molar-refractivity contribution < 1.29 is 19.2 Å². The van der Waals surface area contributed by atoms with Gasteiger partial charge in [-0.15, -0.1) is 5.06 Å². The SMILES string of the molecule is CCCCCCCCCCCCCCCCCC(=O)OC1CC(C)(C)N(OC=O)C(C)(C)C1. The molecule has 1 rings (SSSR count). The maximum Gasteiger partial charge on any atom is 0.313 e. The minimum Gasteiger partial charge on any atom is -0.462 e. The fourth-order valence-electron chi connectivity index (χ4n) is 5.47. The maximum absolute atomic E-state index is 12.4. The molecule has 0 spiro atoms. The van der Waals surface area contributed by atoms with Gasteiger partial charge < -0.3 is 9.57 Å². The van der Waals surface area contributed by atoms with Crippen LogP contribution in [-0.4, -0.2) is 34.7 Å².